The third-order valence-corrected chi connectivity index (χ3v) is 9.11. The zero-order valence-corrected chi connectivity index (χ0v) is 25.7. The topological polar surface area (TPSA) is 168 Å². The highest BCUT2D eigenvalue weighted by molar-refractivity contribution is 8.01. The minimum absolute atomic E-state index is 0.0666. The van der Waals surface area contributed by atoms with Crippen molar-refractivity contribution in [1.82, 2.24) is 14.9 Å². The summed E-state index contributed by atoms with van der Waals surface area (Å²) in [6.45, 7) is 10.3. The second-order valence-electron chi connectivity index (χ2n) is 11.5. The molecule has 3 atom stereocenters. The number of esters is 2. The average molecular weight is 619 g/mol. The van der Waals surface area contributed by atoms with Crippen LogP contribution >= 0.6 is 11.8 Å². The maximum absolute atomic E-state index is 12.9. The van der Waals surface area contributed by atoms with Crippen molar-refractivity contribution in [3.05, 3.63) is 54.1 Å². The molecule has 2 unspecified atom stereocenters. The average Bonchev–Trinajstić information content (AvgIpc) is 3.42. The molecule has 0 spiro atoms. The number of anilines is 1. The summed E-state index contributed by atoms with van der Waals surface area (Å²) in [5.74, 6) is -0.736. The van der Waals surface area contributed by atoms with E-state index in [0.29, 0.717) is 5.95 Å². The van der Waals surface area contributed by atoms with Gasteiger partial charge in [0.25, 0.3) is 10.1 Å². The van der Waals surface area contributed by atoms with E-state index in [0.717, 1.165) is 16.6 Å². The van der Waals surface area contributed by atoms with Gasteiger partial charge in [-0.15, -0.1) is 11.8 Å². The van der Waals surface area contributed by atoms with Gasteiger partial charge in [0.1, 0.15) is 17.5 Å². The Labute approximate surface area is 248 Å². The zero-order chi connectivity index (χ0) is 31.0. The Morgan fingerprint density at radius 1 is 1.12 bits per heavy atom. The van der Waals surface area contributed by atoms with Gasteiger partial charge < -0.3 is 24.7 Å². The van der Waals surface area contributed by atoms with E-state index in [1.165, 1.54) is 23.9 Å². The van der Waals surface area contributed by atoms with E-state index < -0.39 is 51.1 Å². The number of amides is 1. The molecule has 42 heavy (non-hydrogen) atoms. The van der Waals surface area contributed by atoms with Gasteiger partial charge in [0.2, 0.25) is 18.6 Å². The standard InChI is InChI=1S/C21H26N4O5S.C7H8O3S/c1-20(2,3)18(28)30-10-29-17(27)14-21(4,5)31-16-13(15(26)25(14)16)24-19-22-11-8-6-7-9-12(11)23-19;1-6-2-4-7(5-3-6)11(8,9)10/h6-9,13-14,16H,10H2,1-5H3,(H2,22,23,24);2-5H,1H3,(H,8,9,10)/t13?,14?,16-;/m0./s1. The number of carbonyl (C=O) groups is 3. The van der Waals surface area contributed by atoms with Gasteiger partial charge >= 0.3 is 11.9 Å². The van der Waals surface area contributed by atoms with E-state index in [1.54, 1.807) is 37.8 Å². The number of benzene rings is 2. The van der Waals surface area contributed by atoms with Crippen molar-refractivity contribution < 1.29 is 36.8 Å². The molecule has 3 N–H and O–H groups in total. The summed E-state index contributed by atoms with van der Waals surface area (Å²) in [6.07, 6.45) is 0. The first kappa shape index (κ1) is 31.3. The number of β-lactam (4-membered cyclic amide) rings is 1. The van der Waals surface area contributed by atoms with Gasteiger partial charge in [-0.1, -0.05) is 29.8 Å². The van der Waals surface area contributed by atoms with E-state index in [9.17, 15) is 22.8 Å². The van der Waals surface area contributed by atoms with Crippen LogP contribution in [0, 0.1) is 12.3 Å². The fourth-order valence-corrected chi connectivity index (χ4v) is 6.54. The summed E-state index contributed by atoms with van der Waals surface area (Å²) in [4.78, 5) is 46.6. The van der Waals surface area contributed by atoms with Crippen LogP contribution in [-0.2, 0) is 34.0 Å². The Balaban J connectivity index is 0.000000310. The first-order valence-electron chi connectivity index (χ1n) is 13.1. The van der Waals surface area contributed by atoms with Gasteiger partial charge in [0.05, 0.1) is 21.3 Å². The predicted octanol–water partition coefficient (Wildman–Crippen LogP) is 3.74. The molecule has 2 aromatic carbocycles. The summed E-state index contributed by atoms with van der Waals surface area (Å²) in [7, 11) is -4.02. The van der Waals surface area contributed by atoms with E-state index in [1.807, 2.05) is 45.0 Å². The molecule has 14 heteroatoms. The second kappa shape index (κ2) is 11.6. The lowest BCUT2D eigenvalue weighted by molar-refractivity contribution is -0.179. The van der Waals surface area contributed by atoms with Crippen molar-refractivity contribution in [3.63, 3.8) is 0 Å². The number of aromatic nitrogens is 2. The lowest BCUT2D eigenvalue weighted by Gasteiger charge is -2.43. The normalized spacial score (nSPS) is 21.1. The Morgan fingerprint density at radius 2 is 1.76 bits per heavy atom. The van der Waals surface area contributed by atoms with Crippen LogP contribution in [0.3, 0.4) is 0 Å². The number of para-hydroxylation sites is 2. The molecule has 2 fully saturated rings. The number of aromatic amines is 1. The molecule has 5 rings (SSSR count). The molecule has 0 radical (unpaired) electrons. The number of thioether (sulfide) groups is 1. The molecule has 0 aliphatic carbocycles. The Hall–Kier alpha value is -3.62. The maximum Gasteiger partial charge on any atom is 0.333 e. The molecule has 1 amide bonds. The van der Waals surface area contributed by atoms with Crippen molar-refractivity contribution in [2.45, 2.75) is 68.6 Å². The summed E-state index contributed by atoms with van der Waals surface area (Å²) in [5.41, 5.74) is 1.94. The van der Waals surface area contributed by atoms with Crippen LogP contribution in [0.15, 0.2) is 53.4 Å². The number of nitrogens with zero attached hydrogens (tertiary/aromatic N) is 2. The van der Waals surface area contributed by atoms with Gasteiger partial charge in [-0.2, -0.15) is 8.42 Å². The van der Waals surface area contributed by atoms with Gasteiger partial charge in [0, 0.05) is 4.75 Å². The van der Waals surface area contributed by atoms with E-state index in [-0.39, 0.29) is 16.2 Å². The van der Waals surface area contributed by atoms with E-state index in [4.69, 9.17) is 14.0 Å². The molecule has 12 nitrogen and oxygen atoms in total. The third-order valence-electron chi connectivity index (χ3n) is 6.67. The van der Waals surface area contributed by atoms with Crippen molar-refractivity contribution in [2.75, 3.05) is 12.1 Å². The smallest absolute Gasteiger partial charge is 0.333 e. The number of hydrogen-bond acceptors (Lipinski definition) is 10. The summed E-state index contributed by atoms with van der Waals surface area (Å²) in [6, 6.07) is 12.3. The first-order valence-corrected chi connectivity index (χ1v) is 15.4. The molecular formula is C28H34N4O8S2. The monoisotopic (exact) mass is 618 g/mol. The molecular weight excluding hydrogens is 584 g/mol. The molecule has 0 saturated carbocycles. The highest BCUT2D eigenvalue weighted by Crippen LogP contribution is 2.51. The minimum atomic E-state index is -4.02. The van der Waals surface area contributed by atoms with Crippen molar-refractivity contribution in [3.8, 4) is 0 Å². The molecule has 2 aliphatic heterocycles. The third kappa shape index (κ3) is 6.71. The Morgan fingerprint density at radius 3 is 2.36 bits per heavy atom. The van der Waals surface area contributed by atoms with Gasteiger partial charge in [-0.05, 0) is 65.8 Å². The number of carbonyl (C=O) groups excluding carboxylic acids is 3. The molecule has 3 heterocycles. The number of ether oxygens (including phenoxy) is 2. The predicted molar refractivity (Wildman–Crippen MR) is 157 cm³/mol. The first-order chi connectivity index (χ1) is 19.5. The van der Waals surface area contributed by atoms with Gasteiger partial charge in [-0.3, -0.25) is 14.1 Å². The SMILES string of the molecule is CC(C)(C)C(=O)OCOC(=O)C1N2C(=O)C(Nc3nc4ccccc4[nH]3)[C@@H]2SC1(C)C.Cc1ccc(S(=O)(=O)O)cc1. The van der Waals surface area contributed by atoms with E-state index in [2.05, 4.69) is 15.3 Å². The number of hydrogen-bond donors (Lipinski definition) is 3. The van der Waals surface area contributed by atoms with Crippen LogP contribution < -0.4 is 5.32 Å². The second-order valence-corrected chi connectivity index (χ2v) is 14.7. The number of fused-ring (bicyclic) bond motifs is 2. The fraction of sp³-hybridized carbons (Fsp3) is 0.429. The summed E-state index contributed by atoms with van der Waals surface area (Å²) < 4.78 is 39.2. The molecule has 2 saturated heterocycles. The zero-order valence-electron chi connectivity index (χ0n) is 24.1. The maximum atomic E-state index is 12.9. The van der Waals surface area contributed by atoms with Crippen LogP contribution in [0.25, 0.3) is 11.0 Å². The minimum Gasteiger partial charge on any atom is -0.427 e. The number of nitrogens with one attached hydrogen (secondary N) is 2. The van der Waals surface area contributed by atoms with E-state index >= 15 is 0 Å². The highest BCUT2D eigenvalue weighted by Gasteiger charge is 2.64. The van der Waals surface area contributed by atoms with Crippen LogP contribution in [0.2, 0.25) is 0 Å². The Kier molecular flexibility index (Phi) is 8.63. The molecule has 1 aromatic heterocycles. The Bertz CT molecular complexity index is 1560. The lowest BCUT2D eigenvalue weighted by atomic mass is 9.96. The summed E-state index contributed by atoms with van der Waals surface area (Å²) in [5, 5.41) is 2.93. The van der Waals surface area contributed by atoms with Crippen molar-refractivity contribution in [1.29, 1.82) is 0 Å². The molecule has 2 aliphatic rings. The number of rotatable bonds is 6. The number of H-pyrrole nitrogens is 1. The molecule has 0 bridgehead atoms. The van der Waals surface area contributed by atoms with Crippen LogP contribution in [0.5, 0.6) is 0 Å². The fourth-order valence-electron chi connectivity index (χ4n) is 4.44. The van der Waals surface area contributed by atoms with Crippen LogP contribution in [-0.4, -0.2) is 74.7 Å². The van der Waals surface area contributed by atoms with Crippen molar-refractivity contribution in [2.24, 2.45) is 5.41 Å². The quantitative estimate of drug-likeness (QED) is 0.159. The van der Waals surface area contributed by atoms with Crippen LogP contribution in [0.4, 0.5) is 5.95 Å². The van der Waals surface area contributed by atoms with Gasteiger partial charge in [-0.25, -0.2) is 9.78 Å². The largest absolute Gasteiger partial charge is 0.427 e. The molecule has 3 aromatic rings. The number of aryl methyl sites for hydroxylation is 1. The highest BCUT2D eigenvalue weighted by atomic mass is 32.2. The summed E-state index contributed by atoms with van der Waals surface area (Å²) >= 11 is 1.53. The van der Waals surface area contributed by atoms with Crippen LogP contribution in [0.1, 0.15) is 40.2 Å². The number of imidazole rings is 1. The lowest BCUT2D eigenvalue weighted by Crippen LogP contribution is -2.68. The molecule has 226 valence electrons. The van der Waals surface area contributed by atoms with Crippen molar-refractivity contribution >= 4 is 56.7 Å². The van der Waals surface area contributed by atoms with Gasteiger partial charge in [0.15, 0.2) is 0 Å².